The van der Waals surface area contributed by atoms with Gasteiger partial charge in [-0.2, -0.15) is 0 Å². The summed E-state index contributed by atoms with van der Waals surface area (Å²) in [6.07, 6.45) is 2.15. The Labute approximate surface area is 117 Å². The van der Waals surface area contributed by atoms with E-state index in [0.29, 0.717) is 0 Å². The van der Waals surface area contributed by atoms with Gasteiger partial charge in [-0.3, -0.25) is 0 Å². The smallest absolute Gasteiger partial charge is 0.399 e. The fraction of sp³-hybridized carbons (Fsp3) is 0.733. The zero-order chi connectivity index (χ0) is 14.6. The molecular weight excluding hydrogens is 237 g/mol. The number of rotatable bonds is 1. The van der Waals surface area contributed by atoms with Crippen LogP contribution in [0.15, 0.2) is 12.3 Å². The third-order valence-electron chi connectivity index (χ3n) is 4.28. The van der Waals surface area contributed by atoms with E-state index < -0.39 is 0 Å². The largest absolute Gasteiger partial charge is 0.496 e. The second-order valence-corrected chi connectivity index (χ2v) is 7.54. The maximum atomic E-state index is 6.10. The first kappa shape index (κ1) is 14.7. The van der Waals surface area contributed by atoms with Crippen molar-refractivity contribution >= 4 is 12.6 Å². The van der Waals surface area contributed by atoms with Crippen molar-refractivity contribution in [1.82, 2.24) is 4.57 Å². The third-order valence-corrected chi connectivity index (χ3v) is 4.28. The summed E-state index contributed by atoms with van der Waals surface area (Å²) >= 11 is 0. The van der Waals surface area contributed by atoms with E-state index in [2.05, 4.69) is 72.2 Å². The lowest BCUT2D eigenvalue weighted by molar-refractivity contribution is 0.00578. The molecule has 0 aromatic carbocycles. The molecular formula is C15H26BNO2. The van der Waals surface area contributed by atoms with E-state index in [4.69, 9.17) is 9.31 Å². The van der Waals surface area contributed by atoms with Crippen molar-refractivity contribution in [1.29, 1.82) is 0 Å². The van der Waals surface area contributed by atoms with Crippen LogP contribution in [0.3, 0.4) is 0 Å². The Bertz CT molecular complexity index is 467. The lowest BCUT2D eigenvalue weighted by atomic mass is 9.81. The summed E-state index contributed by atoms with van der Waals surface area (Å²) in [7, 11) is -0.271. The second kappa shape index (κ2) is 4.13. The fourth-order valence-corrected chi connectivity index (χ4v) is 2.43. The molecule has 1 saturated heterocycles. The van der Waals surface area contributed by atoms with Crippen LogP contribution in [0.2, 0.25) is 0 Å². The van der Waals surface area contributed by atoms with E-state index in [1.54, 1.807) is 0 Å². The third kappa shape index (κ3) is 2.48. The predicted octanol–water partition coefficient (Wildman–Crippen LogP) is 2.85. The van der Waals surface area contributed by atoms with Crippen LogP contribution in [0.5, 0.6) is 0 Å². The van der Waals surface area contributed by atoms with Crippen molar-refractivity contribution < 1.29 is 9.31 Å². The van der Waals surface area contributed by atoms with E-state index in [9.17, 15) is 0 Å². The van der Waals surface area contributed by atoms with Crippen molar-refractivity contribution in [3.05, 3.63) is 18.0 Å². The van der Waals surface area contributed by atoms with Crippen LogP contribution in [0, 0.1) is 6.92 Å². The van der Waals surface area contributed by atoms with E-state index in [1.807, 2.05) is 0 Å². The number of aryl methyl sites for hydroxylation is 1. The van der Waals surface area contributed by atoms with Crippen LogP contribution in [0.1, 0.15) is 54.2 Å². The predicted molar refractivity (Wildman–Crippen MR) is 79.9 cm³/mol. The maximum Gasteiger partial charge on any atom is 0.496 e. The zero-order valence-electron chi connectivity index (χ0n) is 13.5. The molecule has 1 aliphatic heterocycles. The summed E-state index contributed by atoms with van der Waals surface area (Å²) in [5.41, 5.74) is 1.85. The topological polar surface area (TPSA) is 23.4 Å². The first-order valence-electron chi connectivity index (χ1n) is 6.99. The van der Waals surface area contributed by atoms with Crippen molar-refractivity contribution in [2.75, 3.05) is 0 Å². The van der Waals surface area contributed by atoms with Gasteiger partial charge in [0.25, 0.3) is 0 Å². The molecule has 0 radical (unpaired) electrons. The highest BCUT2D eigenvalue weighted by atomic mass is 16.7. The molecule has 0 saturated carbocycles. The molecule has 1 aromatic rings. The first-order chi connectivity index (χ1) is 8.44. The zero-order valence-corrected chi connectivity index (χ0v) is 13.5. The highest BCUT2D eigenvalue weighted by Gasteiger charge is 2.52. The van der Waals surface area contributed by atoms with Crippen LogP contribution in [-0.2, 0) is 14.8 Å². The molecule has 0 unspecified atom stereocenters. The summed E-state index contributed by atoms with van der Waals surface area (Å²) in [6.45, 7) is 17.1. The van der Waals surface area contributed by atoms with Crippen molar-refractivity contribution in [2.45, 2.75) is 72.1 Å². The lowest BCUT2D eigenvalue weighted by Gasteiger charge is -2.32. The molecule has 0 bridgehead atoms. The van der Waals surface area contributed by atoms with Crippen LogP contribution in [0.25, 0.3) is 0 Å². The van der Waals surface area contributed by atoms with Crippen LogP contribution >= 0.6 is 0 Å². The van der Waals surface area contributed by atoms with E-state index in [-0.39, 0.29) is 23.9 Å². The van der Waals surface area contributed by atoms with Crippen LogP contribution in [0.4, 0.5) is 0 Å². The molecule has 3 nitrogen and oxygen atoms in total. The van der Waals surface area contributed by atoms with Crippen LogP contribution < -0.4 is 5.46 Å². The molecule has 0 atom stereocenters. The standard InChI is InChI=1S/C15H26BNO2/c1-11-9-12(10-17(11)13(2,3)4)16-18-14(5,6)15(7,8)19-16/h9-10H,1-8H3. The molecule has 0 spiro atoms. The summed E-state index contributed by atoms with van der Waals surface area (Å²) in [6, 6.07) is 2.16. The molecule has 2 heterocycles. The van der Waals surface area contributed by atoms with Gasteiger partial charge in [0.15, 0.2) is 0 Å². The molecule has 0 aliphatic carbocycles. The fourth-order valence-electron chi connectivity index (χ4n) is 2.43. The number of hydrogen-bond donors (Lipinski definition) is 0. The molecule has 1 aromatic heterocycles. The van der Waals surface area contributed by atoms with Gasteiger partial charge in [-0.25, -0.2) is 0 Å². The van der Waals surface area contributed by atoms with Gasteiger partial charge >= 0.3 is 7.12 Å². The summed E-state index contributed by atoms with van der Waals surface area (Å²) in [4.78, 5) is 0. The highest BCUT2D eigenvalue weighted by molar-refractivity contribution is 6.62. The monoisotopic (exact) mass is 263 g/mol. The van der Waals surface area contributed by atoms with Gasteiger partial charge in [0, 0.05) is 22.9 Å². The second-order valence-electron chi connectivity index (χ2n) is 7.54. The molecule has 4 heteroatoms. The van der Waals surface area contributed by atoms with Crippen molar-refractivity contribution in [3.8, 4) is 0 Å². The Morgan fingerprint density at radius 3 is 1.89 bits per heavy atom. The molecule has 19 heavy (non-hydrogen) atoms. The Kier molecular flexibility index (Phi) is 3.19. The first-order valence-corrected chi connectivity index (χ1v) is 6.99. The van der Waals surface area contributed by atoms with Crippen molar-refractivity contribution in [3.63, 3.8) is 0 Å². The Hall–Kier alpha value is -0.735. The van der Waals surface area contributed by atoms with Gasteiger partial charge in [0.05, 0.1) is 11.2 Å². The lowest BCUT2D eigenvalue weighted by Crippen LogP contribution is -2.41. The van der Waals surface area contributed by atoms with Gasteiger partial charge in [0.1, 0.15) is 0 Å². The SMILES string of the molecule is Cc1cc(B2OC(C)(C)C(C)(C)O2)cn1C(C)(C)C. The molecule has 1 aliphatic rings. The van der Waals surface area contributed by atoms with Gasteiger partial charge in [-0.05, 0) is 61.5 Å². The highest BCUT2D eigenvalue weighted by Crippen LogP contribution is 2.36. The average molecular weight is 263 g/mol. The Morgan fingerprint density at radius 2 is 1.53 bits per heavy atom. The van der Waals surface area contributed by atoms with E-state index in [0.717, 1.165) is 5.46 Å². The maximum absolute atomic E-state index is 6.10. The van der Waals surface area contributed by atoms with Gasteiger partial charge < -0.3 is 13.9 Å². The Morgan fingerprint density at radius 1 is 1.05 bits per heavy atom. The number of hydrogen-bond acceptors (Lipinski definition) is 2. The number of aromatic nitrogens is 1. The van der Waals surface area contributed by atoms with E-state index >= 15 is 0 Å². The van der Waals surface area contributed by atoms with Crippen molar-refractivity contribution in [2.24, 2.45) is 0 Å². The minimum absolute atomic E-state index is 0.0754. The average Bonchev–Trinajstić information content (AvgIpc) is 2.65. The summed E-state index contributed by atoms with van der Waals surface area (Å²) < 4.78 is 14.5. The quantitative estimate of drug-likeness (QED) is 0.727. The van der Waals surface area contributed by atoms with Crippen LogP contribution in [-0.4, -0.2) is 22.9 Å². The van der Waals surface area contributed by atoms with Gasteiger partial charge in [0.2, 0.25) is 0 Å². The summed E-state index contributed by atoms with van der Waals surface area (Å²) in [5, 5.41) is 0. The molecule has 0 N–H and O–H groups in total. The summed E-state index contributed by atoms with van der Waals surface area (Å²) in [5.74, 6) is 0. The molecule has 0 amide bonds. The number of nitrogens with zero attached hydrogens (tertiary/aromatic N) is 1. The van der Waals surface area contributed by atoms with Gasteiger partial charge in [-0.15, -0.1) is 0 Å². The molecule has 1 fully saturated rings. The van der Waals surface area contributed by atoms with Gasteiger partial charge in [-0.1, -0.05) is 0 Å². The minimum Gasteiger partial charge on any atom is -0.399 e. The normalized spacial score (nSPS) is 22.0. The Balaban J connectivity index is 2.31. The van der Waals surface area contributed by atoms with E-state index in [1.165, 1.54) is 5.69 Å². The molecule has 106 valence electrons. The minimum atomic E-state index is -0.282. The molecule has 2 rings (SSSR count).